The molecule has 5 heteroatoms. The monoisotopic (exact) mass is 290 g/mol. The van der Waals surface area contributed by atoms with Gasteiger partial charge in [-0.15, -0.1) is 0 Å². The Morgan fingerprint density at radius 3 is 2.76 bits per heavy atom. The second-order valence-electron chi connectivity index (χ2n) is 6.08. The van der Waals surface area contributed by atoms with Crippen LogP contribution in [0.5, 0.6) is 0 Å². The van der Waals surface area contributed by atoms with Crippen molar-refractivity contribution in [2.75, 3.05) is 13.1 Å². The van der Waals surface area contributed by atoms with E-state index in [1.807, 2.05) is 39.0 Å². The molecule has 0 spiro atoms. The van der Waals surface area contributed by atoms with E-state index in [4.69, 9.17) is 9.84 Å². The summed E-state index contributed by atoms with van der Waals surface area (Å²) in [5.41, 5.74) is 2.15. The number of aliphatic hydroxyl groups is 1. The van der Waals surface area contributed by atoms with Crippen molar-refractivity contribution in [2.24, 2.45) is 0 Å². The van der Waals surface area contributed by atoms with Crippen LogP contribution in [0.3, 0.4) is 0 Å². The van der Waals surface area contributed by atoms with E-state index in [1.54, 1.807) is 11.0 Å². The summed E-state index contributed by atoms with van der Waals surface area (Å²) in [7, 11) is 0. The summed E-state index contributed by atoms with van der Waals surface area (Å²) in [5, 5.41) is 9.13. The van der Waals surface area contributed by atoms with Crippen molar-refractivity contribution < 1.29 is 14.6 Å². The van der Waals surface area contributed by atoms with Gasteiger partial charge in [-0.05, 0) is 44.9 Å². The van der Waals surface area contributed by atoms with Gasteiger partial charge in [0.15, 0.2) is 0 Å². The Labute approximate surface area is 125 Å². The van der Waals surface area contributed by atoms with Gasteiger partial charge in [0.05, 0.1) is 18.0 Å². The highest BCUT2D eigenvalue weighted by molar-refractivity contribution is 5.71. The minimum absolute atomic E-state index is 0.0643. The predicted molar refractivity (Wildman–Crippen MR) is 80.6 cm³/mol. The molecule has 1 aromatic heterocycles. The number of amides is 1. The molecule has 1 aliphatic heterocycles. The molecule has 1 amide bonds. The maximum Gasteiger partial charge on any atom is 0.410 e. The first-order valence-electron chi connectivity index (χ1n) is 7.13. The Bertz CT molecular complexity index is 547. The summed E-state index contributed by atoms with van der Waals surface area (Å²) in [6.45, 7) is 6.66. The third kappa shape index (κ3) is 4.29. The highest BCUT2D eigenvalue weighted by Crippen LogP contribution is 2.22. The SMILES string of the molecule is CC(C)(C)OC(=O)N1CC=C(c2cccc(CO)n2)CC1. The lowest BCUT2D eigenvalue weighted by Crippen LogP contribution is -2.39. The first-order valence-corrected chi connectivity index (χ1v) is 7.13. The third-order valence-electron chi connectivity index (χ3n) is 3.16. The summed E-state index contributed by atoms with van der Waals surface area (Å²) >= 11 is 0. The van der Waals surface area contributed by atoms with Gasteiger partial charge in [-0.3, -0.25) is 4.98 Å². The number of hydrogen-bond donors (Lipinski definition) is 1. The molecule has 1 N–H and O–H groups in total. The minimum Gasteiger partial charge on any atom is -0.444 e. The van der Waals surface area contributed by atoms with Gasteiger partial charge in [-0.1, -0.05) is 12.1 Å². The molecule has 0 radical (unpaired) electrons. The van der Waals surface area contributed by atoms with Crippen molar-refractivity contribution in [3.63, 3.8) is 0 Å². The van der Waals surface area contributed by atoms with Crippen molar-refractivity contribution in [3.05, 3.63) is 35.7 Å². The third-order valence-corrected chi connectivity index (χ3v) is 3.16. The molecule has 0 aliphatic carbocycles. The fourth-order valence-electron chi connectivity index (χ4n) is 2.14. The summed E-state index contributed by atoms with van der Waals surface area (Å²) in [6.07, 6.45) is 2.45. The van der Waals surface area contributed by atoms with E-state index in [9.17, 15) is 4.79 Å². The lowest BCUT2D eigenvalue weighted by atomic mass is 10.0. The van der Waals surface area contributed by atoms with Gasteiger partial charge in [0, 0.05) is 13.1 Å². The van der Waals surface area contributed by atoms with Crippen LogP contribution in [0.2, 0.25) is 0 Å². The first kappa shape index (κ1) is 15.5. The molecular formula is C16H22N2O3. The van der Waals surface area contributed by atoms with Gasteiger partial charge in [-0.2, -0.15) is 0 Å². The number of carbonyl (C=O) groups is 1. The van der Waals surface area contributed by atoms with Crippen molar-refractivity contribution >= 4 is 11.7 Å². The highest BCUT2D eigenvalue weighted by Gasteiger charge is 2.24. The Kier molecular flexibility index (Phi) is 4.63. The number of hydrogen-bond acceptors (Lipinski definition) is 4. The van der Waals surface area contributed by atoms with Gasteiger partial charge in [0.1, 0.15) is 5.60 Å². The van der Waals surface area contributed by atoms with Gasteiger partial charge < -0.3 is 14.7 Å². The first-order chi connectivity index (χ1) is 9.89. The molecule has 0 saturated carbocycles. The second-order valence-corrected chi connectivity index (χ2v) is 6.08. The largest absolute Gasteiger partial charge is 0.444 e. The summed E-state index contributed by atoms with van der Waals surface area (Å²) in [6, 6.07) is 5.60. The Morgan fingerprint density at radius 2 is 2.19 bits per heavy atom. The average molecular weight is 290 g/mol. The number of pyridine rings is 1. The van der Waals surface area contributed by atoms with Crippen LogP contribution >= 0.6 is 0 Å². The fraction of sp³-hybridized carbons (Fsp3) is 0.500. The molecule has 5 nitrogen and oxygen atoms in total. The fourth-order valence-corrected chi connectivity index (χ4v) is 2.14. The highest BCUT2D eigenvalue weighted by atomic mass is 16.6. The van der Waals surface area contributed by atoms with Crippen molar-refractivity contribution in [3.8, 4) is 0 Å². The quantitative estimate of drug-likeness (QED) is 0.909. The van der Waals surface area contributed by atoms with Gasteiger partial charge in [0.2, 0.25) is 0 Å². The van der Waals surface area contributed by atoms with Crippen LogP contribution in [-0.2, 0) is 11.3 Å². The topological polar surface area (TPSA) is 62.7 Å². The molecule has 0 saturated heterocycles. The molecule has 2 heterocycles. The molecule has 0 aromatic carbocycles. The zero-order chi connectivity index (χ0) is 15.5. The molecule has 1 aromatic rings. The summed E-state index contributed by atoms with van der Waals surface area (Å²) < 4.78 is 5.36. The van der Waals surface area contributed by atoms with Crippen LogP contribution in [0.4, 0.5) is 4.79 Å². The molecule has 114 valence electrons. The molecule has 21 heavy (non-hydrogen) atoms. The van der Waals surface area contributed by atoms with Crippen LogP contribution in [0.15, 0.2) is 24.3 Å². The molecule has 0 bridgehead atoms. The number of aliphatic hydroxyl groups excluding tert-OH is 1. The minimum atomic E-state index is -0.474. The summed E-state index contributed by atoms with van der Waals surface area (Å²) in [5.74, 6) is 0. The lowest BCUT2D eigenvalue weighted by molar-refractivity contribution is 0.0270. The van der Waals surface area contributed by atoms with Crippen LogP contribution in [0, 0.1) is 0 Å². The molecule has 0 atom stereocenters. The number of ether oxygens (including phenoxy) is 1. The summed E-state index contributed by atoms with van der Waals surface area (Å²) in [4.78, 5) is 18.1. The van der Waals surface area contributed by atoms with E-state index in [-0.39, 0.29) is 12.7 Å². The molecule has 0 fully saturated rings. The van der Waals surface area contributed by atoms with Crippen LogP contribution in [0.1, 0.15) is 38.6 Å². The normalized spacial score (nSPS) is 15.6. The van der Waals surface area contributed by atoms with Crippen molar-refractivity contribution in [2.45, 2.75) is 39.4 Å². The van der Waals surface area contributed by atoms with E-state index < -0.39 is 5.60 Å². The Hall–Kier alpha value is -1.88. The molecule has 2 rings (SSSR count). The number of aromatic nitrogens is 1. The number of nitrogens with zero attached hydrogens (tertiary/aromatic N) is 2. The van der Waals surface area contributed by atoms with Crippen LogP contribution in [-0.4, -0.2) is 39.8 Å². The van der Waals surface area contributed by atoms with Gasteiger partial charge in [-0.25, -0.2) is 4.79 Å². The second kappa shape index (κ2) is 6.26. The Morgan fingerprint density at radius 1 is 1.43 bits per heavy atom. The van der Waals surface area contributed by atoms with E-state index in [2.05, 4.69) is 4.98 Å². The average Bonchev–Trinajstić information content (AvgIpc) is 2.46. The maximum atomic E-state index is 12.0. The van der Waals surface area contributed by atoms with Crippen LogP contribution in [0.25, 0.3) is 5.57 Å². The zero-order valence-corrected chi connectivity index (χ0v) is 12.8. The van der Waals surface area contributed by atoms with Crippen LogP contribution < -0.4 is 0 Å². The molecular weight excluding hydrogens is 268 g/mol. The van der Waals surface area contributed by atoms with Crippen molar-refractivity contribution in [1.82, 2.24) is 9.88 Å². The standard InChI is InChI=1S/C16H22N2O3/c1-16(2,3)21-15(20)18-9-7-12(8-10-18)14-6-4-5-13(11-19)17-14/h4-7,19H,8-11H2,1-3H3. The number of rotatable bonds is 2. The maximum absolute atomic E-state index is 12.0. The van der Waals surface area contributed by atoms with Gasteiger partial charge >= 0.3 is 6.09 Å². The number of carbonyl (C=O) groups excluding carboxylic acids is 1. The van der Waals surface area contributed by atoms with Gasteiger partial charge in [0.25, 0.3) is 0 Å². The van der Waals surface area contributed by atoms with E-state index >= 15 is 0 Å². The van der Waals surface area contributed by atoms with E-state index in [0.29, 0.717) is 18.8 Å². The molecule has 0 unspecified atom stereocenters. The molecule has 1 aliphatic rings. The van der Waals surface area contributed by atoms with E-state index in [0.717, 1.165) is 17.7 Å². The Balaban J connectivity index is 2.03. The van der Waals surface area contributed by atoms with E-state index in [1.165, 1.54) is 0 Å². The zero-order valence-electron chi connectivity index (χ0n) is 12.8. The lowest BCUT2D eigenvalue weighted by Gasteiger charge is -2.29. The smallest absolute Gasteiger partial charge is 0.410 e. The van der Waals surface area contributed by atoms with Crippen molar-refractivity contribution in [1.29, 1.82) is 0 Å². The predicted octanol–water partition coefficient (Wildman–Crippen LogP) is 2.60.